The van der Waals surface area contributed by atoms with Gasteiger partial charge in [0.25, 0.3) is 0 Å². The molecule has 1 aliphatic heterocycles. The Bertz CT molecular complexity index is 210. The van der Waals surface area contributed by atoms with Crippen molar-refractivity contribution in [3.8, 4) is 11.8 Å². The summed E-state index contributed by atoms with van der Waals surface area (Å²) >= 11 is 0. The van der Waals surface area contributed by atoms with Crippen LogP contribution in [0.1, 0.15) is 39.0 Å². The summed E-state index contributed by atoms with van der Waals surface area (Å²) in [5.41, 5.74) is 0. The summed E-state index contributed by atoms with van der Waals surface area (Å²) < 4.78 is 5.09. The minimum absolute atomic E-state index is 0.0605. The molecule has 1 saturated heterocycles. The zero-order chi connectivity index (χ0) is 8.81. The molecule has 2 nitrogen and oxygen atoms in total. The van der Waals surface area contributed by atoms with Gasteiger partial charge >= 0.3 is 5.97 Å². The van der Waals surface area contributed by atoms with Crippen LogP contribution in [-0.2, 0) is 9.53 Å². The molecule has 1 unspecified atom stereocenters. The van der Waals surface area contributed by atoms with Gasteiger partial charge in [0.15, 0.2) is 0 Å². The molecular weight excluding hydrogens is 152 g/mol. The second-order valence-corrected chi connectivity index (χ2v) is 2.92. The molecule has 0 saturated carbocycles. The van der Waals surface area contributed by atoms with Gasteiger partial charge in [0.2, 0.25) is 0 Å². The molecule has 0 aromatic carbocycles. The number of hydrogen-bond donors (Lipinski definition) is 0. The molecule has 0 aromatic rings. The van der Waals surface area contributed by atoms with Crippen molar-refractivity contribution in [2.24, 2.45) is 0 Å². The Kier molecular flexibility index (Phi) is 3.66. The van der Waals surface area contributed by atoms with Crippen molar-refractivity contribution in [1.82, 2.24) is 0 Å². The van der Waals surface area contributed by atoms with Crippen molar-refractivity contribution in [2.75, 3.05) is 0 Å². The Hall–Kier alpha value is -0.970. The topological polar surface area (TPSA) is 26.3 Å². The van der Waals surface area contributed by atoms with Gasteiger partial charge in [0, 0.05) is 19.3 Å². The zero-order valence-corrected chi connectivity index (χ0v) is 7.43. The van der Waals surface area contributed by atoms with Crippen LogP contribution < -0.4 is 0 Å². The third-order valence-corrected chi connectivity index (χ3v) is 1.84. The van der Waals surface area contributed by atoms with Gasteiger partial charge in [-0.1, -0.05) is 12.8 Å². The van der Waals surface area contributed by atoms with E-state index in [2.05, 4.69) is 11.8 Å². The van der Waals surface area contributed by atoms with Crippen molar-refractivity contribution in [1.29, 1.82) is 0 Å². The molecule has 12 heavy (non-hydrogen) atoms. The standard InChI is InChI=1S/C10H14O2/c1-2-3-4-6-9-7-5-8-10(11)12-9/h9H,2,5-8H2,1H3. The lowest BCUT2D eigenvalue weighted by molar-refractivity contribution is -0.153. The van der Waals surface area contributed by atoms with Crippen molar-refractivity contribution in [2.45, 2.75) is 45.1 Å². The van der Waals surface area contributed by atoms with Crippen LogP contribution in [0.2, 0.25) is 0 Å². The molecule has 1 fully saturated rings. The van der Waals surface area contributed by atoms with Crippen LogP contribution in [0.15, 0.2) is 0 Å². The molecule has 1 rings (SSSR count). The van der Waals surface area contributed by atoms with Crippen molar-refractivity contribution in [3.63, 3.8) is 0 Å². The van der Waals surface area contributed by atoms with Gasteiger partial charge in [-0.05, 0) is 12.8 Å². The van der Waals surface area contributed by atoms with Crippen molar-refractivity contribution < 1.29 is 9.53 Å². The fourth-order valence-corrected chi connectivity index (χ4v) is 1.23. The minimum atomic E-state index is -0.0652. The molecule has 0 aliphatic carbocycles. The normalized spacial score (nSPS) is 22.4. The summed E-state index contributed by atoms with van der Waals surface area (Å²) in [5, 5.41) is 0. The Morgan fingerprint density at radius 2 is 2.42 bits per heavy atom. The molecule has 66 valence electrons. The Balaban J connectivity index is 2.27. The average Bonchev–Trinajstić information content (AvgIpc) is 2.05. The van der Waals surface area contributed by atoms with E-state index in [4.69, 9.17) is 4.74 Å². The van der Waals surface area contributed by atoms with Crippen LogP contribution in [0.3, 0.4) is 0 Å². The highest BCUT2D eigenvalue weighted by atomic mass is 16.5. The van der Waals surface area contributed by atoms with Crippen LogP contribution in [0, 0.1) is 11.8 Å². The second-order valence-electron chi connectivity index (χ2n) is 2.92. The van der Waals surface area contributed by atoms with Gasteiger partial charge in [0.05, 0.1) is 0 Å². The van der Waals surface area contributed by atoms with E-state index in [1.807, 2.05) is 6.92 Å². The number of esters is 1. The molecule has 0 amide bonds. The van der Waals surface area contributed by atoms with E-state index in [0.29, 0.717) is 12.8 Å². The number of ether oxygens (including phenoxy) is 1. The van der Waals surface area contributed by atoms with Crippen LogP contribution in [-0.4, -0.2) is 12.1 Å². The number of cyclic esters (lactones) is 1. The lowest BCUT2D eigenvalue weighted by Gasteiger charge is -2.19. The average molecular weight is 166 g/mol. The van der Waals surface area contributed by atoms with E-state index < -0.39 is 0 Å². The Morgan fingerprint density at radius 3 is 3.08 bits per heavy atom. The van der Waals surface area contributed by atoms with Crippen molar-refractivity contribution >= 4 is 5.97 Å². The van der Waals surface area contributed by atoms with Gasteiger partial charge in [-0.15, -0.1) is 5.92 Å². The number of rotatable bonds is 1. The summed E-state index contributed by atoms with van der Waals surface area (Å²) in [6, 6.07) is 0. The van der Waals surface area contributed by atoms with Gasteiger partial charge in [-0.3, -0.25) is 4.79 Å². The summed E-state index contributed by atoms with van der Waals surface area (Å²) in [7, 11) is 0. The first-order valence-corrected chi connectivity index (χ1v) is 4.48. The molecule has 2 heteroatoms. The summed E-state index contributed by atoms with van der Waals surface area (Å²) in [6.07, 6.45) is 4.16. The van der Waals surface area contributed by atoms with E-state index in [1.165, 1.54) is 0 Å². The highest BCUT2D eigenvalue weighted by molar-refractivity contribution is 5.70. The van der Waals surface area contributed by atoms with E-state index in [1.54, 1.807) is 0 Å². The molecule has 0 bridgehead atoms. The monoisotopic (exact) mass is 166 g/mol. The highest BCUT2D eigenvalue weighted by Crippen LogP contribution is 2.15. The Labute approximate surface area is 73.3 Å². The molecule has 1 atom stereocenters. The smallest absolute Gasteiger partial charge is 0.306 e. The molecule has 1 aliphatic rings. The number of carbonyl (C=O) groups excluding carboxylic acids is 1. The van der Waals surface area contributed by atoms with Crippen LogP contribution in [0.4, 0.5) is 0 Å². The lowest BCUT2D eigenvalue weighted by Crippen LogP contribution is -2.22. The summed E-state index contributed by atoms with van der Waals surface area (Å²) in [5.74, 6) is 5.90. The first-order valence-electron chi connectivity index (χ1n) is 4.48. The highest BCUT2D eigenvalue weighted by Gasteiger charge is 2.18. The van der Waals surface area contributed by atoms with Gasteiger partial charge in [-0.25, -0.2) is 0 Å². The van der Waals surface area contributed by atoms with E-state index in [0.717, 1.165) is 19.3 Å². The minimum Gasteiger partial charge on any atom is -0.461 e. The van der Waals surface area contributed by atoms with Crippen LogP contribution >= 0.6 is 0 Å². The Morgan fingerprint density at radius 1 is 1.58 bits per heavy atom. The molecule has 0 N–H and O–H groups in total. The first-order chi connectivity index (χ1) is 5.83. The molecule has 1 heterocycles. The summed E-state index contributed by atoms with van der Waals surface area (Å²) in [6.45, 7) is 2.01. The van der Waals surface area contributed by atoms with Gasteiger partial charge < -0.3 is 4.74 Å². The maximum absolute atomic E-state index is 10.8. The predicted molar refractivity (Wildman–Crippen MR) is 46.4 cm³/mol. The van der Waals surface area contributed by atoms with E-state index >= 15 is 0 Å². The number of carbonyl (C=O) groups is 1. The maximum Gasteiger partial charge on any atom is 0.306 e. The summed E-state index contributed by atoms with van der Waals surface area (Å²) in [4.78, 5) is 10.8. The second kappa shape index (κ2) is 4.82. The third kappa shape index (κ3) is 2.96. The van der Waals surface area contributed by atoms with Crippen molar-refractivity contribution in [3.05, 3.63) is 0 Å². The molecule has 0 radical (unpaired) electrons. The van der Waals surface area contributed by atoms with Crippen LogP contribution in [0.25, 0.3) is 0 Å². The van der Waals surface area contributed by atoms with E-state index in [9.17, 15) is 4.79 Å². The quantitative estimate of drug-likeness (QED) is 0.439. The third-order valence-electron chi connectivity index (χ3n) is 1.84. The first kappa shape index (κ1) is 9.12. The lowest BCUT2D eigenvalue weighted by atomic mass is 10.1. The zero-order valence-electron chi connectivity index (χ0n) is 7.43. The molecule has 0 spiro atoms. The predicted octanol–water partition coefficient (Wildman–Crippen LogP) is 1.89. The van der Waals surface area contributed by atoms with Crippen LogP contribution in [0.5, 0.6) is 0 Å². The largest absolute Gasteiger partial charge is 0.461 e. The fraction of sp³-hybridized carbons (Fsp3) is 0.700. The maximum atomic E-state index is 10.8. The van der Waals surface area contributed by atoms with Gasteiger partial charge in [-0.2, -0.15) is 0 Å². The fourth-order valence-electron chi connectivity index (χ4n) is 1.23. The molecule has 0 aromatic heterocycles. The van der Waals surface area contributed by atoms with E-state index in [-0.39, 0.29) is 12.1 Å². The van der Waals surface area contributed by atoms with Gasteiger partial charge in [0.1, 0.15) is 6.10 Å². The molecular formula is C10H14O2. The SMILES string of the molecule is CCC#CCC1CCCC(=O)O1. The number of hydrogen-bond acceptors (Lipinski definition) is 2.